The van der Waals surface area contributed by atoms with Gasteiger partial charge in [-0.15, -0.1) is 0 Å². The normalized spacial score (nSPS) is 17.1. The summed E-state index contributed by atoms with van der Waals surface area (Å²) in [5.41, 5.74) is 9.50. The van der Waals surface area contributed by atoms with Gasteiger partial charge in [-0.25, -0.2) is 0 Å². The summed E-state index contributed by atoms with van der Waals surface area (Å²) in [5.74, 6) is 0.342. The fraction of sp³-hybridized carbons (Fsp3) is 0.333. The molecule has 1 unspecified atom stereocenters. The van der Waals surface area contributed by atoms with Gasteiger partial charge in [0.25, 0.3) is 0 Å². The first kappa shape index (κ1) is 9.28. The van der Waals surface area contributed by atoms with Crippen LogP contribution in [0.4, 0.5) is 0 Å². The lowest BCUT2D eigenvalue weighted by Gasteiger charge is -2.20. The molecule has 2 rings (SSSR count). The third-order valence-corrected chi connectivity index (χ3v) is 2.67. The average molecular weight is 189 g/mol. The lowest BCUT2D eigenvalue weighted by molar-refractivity contribution is 0.474. The maximum atomic E-state index is 9.36. The van der Waals surface area contributed by atoms with Crippen LogP contribution in [0.3, 0.4) is 0 Å². The standard InChI is InChI=1S/C12H15NO/c1-8(13)11-4-2-3-9-7-10(14)5-6-12(9)11/h4-8,14H,2-3,13H2,1H3. The smallest absolute Gasteiger partial charge is 0.115 e. The van der Waals surface area contributed by atoms with Crippen molar-refractivity contribution in [3.8, 4) is 5.75 Å². The second-order valence-corrected chi connectivity index (χ2v) is 3.83. The summed E-state index contributed by atoms with van der Waals surface area (Å²) in [6.45, 7) is 1.99. The average Bonchev–Trinajstić information content (AvgIpc) is 2.16. The number of phenols is 1. The predicted octanol–water partition coefficient (Wildman–Crippen LogP) is 2.07. The van der Waals surface area contributed by atoms with E-state index in [2.05, 4.69) is 6.08 Å². The molecule has 1 aliphatic rings. The summed E-state index contributed by atoms with van der Waals surface area (Å²) in [7, 11) is 0. The molecule has 3 N–H and O–H groups in total. The van der Waals surface area contributed by atoms with Crippen LogP contribution in [-0.4, -0.2) is 11.1 Å². The Morgan fingerprint density at radius 3 is 2.93 bits per heavy atom. The van der Waals surface area contributed by atoms with Crippen LogP contribution < -0.4 is 5.73 Å². The monoisotopic (exact) mass is 189 g/mol. The predicted molar refractivity (Wildman–Crippen MR) is 58.1 cm³/mol. The van der Waals surface area contributed by atoms with E-state index < -0.39 is 0 Å². The minimum absolute atomic E-state index is 0.0681. The summed E-state index contributed by atoms with van der Waals surface area (Å²) in [6.07, 6.45) is 4.22. The third-order valence-electron chi connectivity index (χ3n) is 2.67. The van der Waals surface area contributed by atoms with Crippen molar-refractivity contribution in [1.82, 2.24) is 0 Å². The first-order valence-corrected chi connectivity index (χ1v) is 4.96. The van der Waals surface area contributed by atoms with Crippen molar-refractivity contribution in [2.24, 2.45) is 5.73 Å². The molecule has 1 aliphatic carbocycles. The first-order chi connectivity index (χ1) is 6.68. The van der Waals surface area contributed by atoms with Gasteiger partial charge in [-0.1, -0.05) is 12.1 Å². The molecule has 0 saturated heterocycles. The first-order valence-electron chi connectivity index (χ1n) is 4.96. The number of aryl methyl sites for hydroxylation is 1. The highest BCUT2D eigenvalue weighted by atomic mass is 16.3. The second-order valence-electron chi connectivity index (χ2n) is 3.83. The number of fused-ring (bicyclic) bond motifs is 1. The molecule has 0 aromatic heterocycles. The summed E-state index contributed by atoms with van der Waals surface area (Å²) < 4.78 is 0. The molecular weight excluding hydrogens is 174 g/mol. The summed E-state index contributed by atoms with van der Waals surface area (Å²) >= 11 is 0. The molecule has 0 aliphatic heterocycles. The Bertz CT molecular complexity index is 380. The van der Waals surface area contributed by atoms with Crippen LogP contribution in [0.15, 0.2) is 24.3 Å². The molecule has 14 heavy (non-hydrogen) atoms. The van der Waals surface area contributed by atoms with Crippen molar-refractivity contribution in [1.29, 1.82) is 0 Å². The molecule has 74 valence electrons. The van der Waals surface area contributed by atoms with Crippen LogP contribution >= 0.6 is 0 Å². The van der Waals surface area contributed by atoms with E-state index in [0.717, 1.165) is 12.8 Å². The highest BCUT2D eigenvalue weighted by Crippen LogP contribution is 2.30. The minimum Gasteiger partial charge on any atom is -0.508 e. The van der Waals surface area contributed by atoms with Crippen LogP contribution in [0.1, 0.15) is 24.5 Å². The van der Waals surface area contributed by atoms with Gasteiger partial charge in [-0.05, 0) is 48.6 Å². The zero-order valence-electron chi connectivity index (χ0n) is 8.33. The van der Waals surface area contributed by atoms with Crippen LogP contribution in [-0.2, 0) is 6.42 Å². The van der Waals surface area contributed by atoms with Crippen molar-refractivity contribution in [2.45, 2.75) is 25.8 Å². The number of rotatable bonds is 1. The van der Waals surface area contributed by atoms with Gasteiger partial charge >= 0.3 is 0 Å². The van der Waals surface area contributed by atoms with Gasteiger partial charge in [0.15, 0.2) is 0 Å². The Hall–Kier alpha value is -1.28. The summed E-state index contributed by atoms with van der Waals surface area (Å²) in [6, 6.07) is 5.59. The van der Waals surface area contributed by atoms with Crippen LogP contribution in [0.2, 0.25) is 0 Å². The molecule has 2 heteroatoms. The number of aromatic hydroxyl groups is 1. The molecule has 0 fully saturated rings. The van der Waals surface area contributed by atoms with E-state index in [9.17, 15) is 5.11 Å². The van der Waals surface area contributed by atoms with Gasteiger partial charge < -0.3 is 10.8 Å². The molecule has 0 saturated carbocycles. The molecule has 1 aromatic rings. The molecule has 0 radical (unpaired) electrons. The molecule has 0 bridgehead atoms. The Morgan fingerprint density at radius 2 is 2.21 bits per heavy atom. The highest BCUT2D eigenvalue weighted by Gasteiger charge is 2.15. The van der Waals surface area contributed by atoms with E-state index in [1.807, 2.05) is 19.1 Å². The Balaban J connectivity index is 2.49. The van der Waals surface area contributed by atoms with Gasteiger partial charge in [0.2, 0.25) is 0 Å². The van der Waals surface area contributed by atoms with Crippen molar-refractivity contribution in [3.05, 3.63) is 35.4 Å². The second kappa shape index (κ2) is 3.46. The number of hydrogen-bond acceptors (Lipinski definition) is 2. The topological polar surface area (TPSA) is 46.2 Å². The van der Waals surface area contributed by atoms with E-state index in [1.54, 1.807) is 6.07 Å². The molecule has 0 spiro atoms. The lowest BCUT2D eigenvalue weighted by Crippen LogP contribution is -2.19. The molecular formula is C12H15NO. The zero-order chi connectivity index (χ0) is 10.1. The molecule has 1 aromatic carbocycles. The number of hydrogen-bond donors (Lipinski definition) is 2. The minimum atomic E-state index is 0.0681. The van der Waals surface area contributed by atoms with E-state index >= 15 is 0 Å². The van der Waals surface area contributed by atoms with Crippen LogP contribution in [0.25, 0.3) is 5.57 Å². The maximum absolute atomic E-state index is 9.36. The summed E-state index contributed by atoms with van der Waals surface area (Å²) in [5, 5.41) is 9.36. The van der Waals surface area contributed by atoms with Crippen molar-refractivity contribution in [2.75, 3.05) is 0 Å². The largest absolute Gasteiger partial charge is 0.508 e. The third kappa shape index (κ3) is 1.53. The fourth-order valence-corrected chi connectivity index (χ4v) is 1.99. The van der Waals surface area contributed by atoms with Gasteiger partial charge in [0.1, 0.15) is 5.75 Å². The van der Waals surface area contributed by atoms with Crippen molar-refractivity contribution >= 4 is 5.57 Å². The number of phenolic OH excluding ortho intramolecular Hbond substituents is 1. The van der Waals surface area contributed by atoms with Crippen LogP contribution in [0.5, 0.6) is 5.75 Å². The quantitative estimate of drug-likeness (QED) is 0.710. The lowest BCUT2D eigenvalue weighted by atomic mass is 9.87. The Kier molecular flexibility index (Phi) is 2.30. The van der Waals surface area contributed by atoms with E-state index in [4.69, 9.17) is 5.73 Å². The van der Waals surface area contributed by atoms with Crippen molar-refractivity contribution in [3.63, 3.8) is 0 Å². The van der Waals surface area contributed by atoms with Crippen LogP contribution in [0, 0.1) is 0 Å². The van der Waals surface area contributed by atoms with Gasteiger partial charge in [-0.2, -0.15) is 0 Å². The zero-order valence-corrected chi connectivity index (χ0v) is 8.33. The molecule has 0 amide bonds. The van der Waals surface area contributed by atoms with Crippen molar-refractivity contribution < 1.29 is 5.11 Å². The SMILES string of the molecule is CC(N)C1=CCCc2cc(O)ccc21. The fourth-order valence-electron chi connectivity index (χ4n) is 1.99. The number of nitrogens with two attached hydrogens (primary N) is 1. The van der Waals surface area contributed by atoms with Gasteiger partial charge in [-0.3, -0.25) is 0 Å². The Labute approximate surface area is 84.1 Å². The molecule has 1 atom stereocenters. The van der Waals surface area contributed by atoms with Gasteiger partial charge in [0.05, 0.1) is 0 Å². The summed E-state index contributed by atoms with van der Waals surface area (Å²) in [4.78, 5) is 0. The van der Waals surface area contributed by atoms with Gasteiger partial charge in [0, 0.05) is 6.04 Å². The highest BCUT2D eigenvalue weighted by molar-refractivity contribution is 5.73. The van der Waals surface area contributed by atoms with E-state index in [-0.39, 0.29) is 6.04 Å². The molecule has 2 nitrogen and oxygen atoms in total. The van der Waals surface area contributed by atoms with E-state index in [1.165, 1.54) is 16.7 Å². The molecule has 0 heterocycles. The maximum Gasteiger partial charge on any atom is 0.115 e. The number of benzene rings is 1. The van der Waals surface area contributed by atoms with E-state index in [0.29, 0.717) is 5.75 Å². The Morgan fingerprint density at radius 1 is 1.43 bits per heavy atom. The number of allylic oxidation sites excluding steroid dienone is 1.